The van der Waals surface area contributed by atoms with E-state index in [9.17, 15) is 9.18 Å². The Balaban J connectivity index is 0.00000121. The van der Waals surface area contributed by atoms with E-state index in [1.54, 1.807) is 24.1 Å². The molecule has 0 aliphatic rings. The number of rotatable bonds is 3. The van der Waals surface area contributed by atoms with Crippen LogP contribution in [0.25, 0.3) is 0 Å². The molecule has 1 aromatic rings. The summed E-state index contributed by atoms with van der Waals surface area (Å²) in [4.78, 5) is 16.8. The molecule has 0 aliphatic heterocycles. The molecule has 0 N–H and O–H groups in total. The number of nitrogens with zero attached hydrogens (tertiary/aromatic N) is 2. The zero-order valence-electron chi connectivity index (χ0n) is 11.2. The second-order valence-corrected chi connectivity index (χ2v) is 3.80. The molecule has 0 atom stereocenters. The Morgan fingerprint density at radius 2 is 2.00 bits per heavy atom. The molecule has 0 bridgehead atoms. The van der Waals surface area contributed by atoms with Crippen molar-refractivity contribution in [1.82, 2.24) is 9.88 Å². The predicted octanol–water partition coefficient (Wildman–Crippen LogP) is 2.86. The zero-order chi connectivity index (χ0) is 13.4. The summed E-state index contributed by atoms with van der Waals surface area (Å²) in [5.74, 6) is -0.539. The van der Waals surface area contributed by atoms with Crippen LogP contribution in [0.3, 0.4) is 0 Å². The Morgan fingerprint density at radius 3 is 2.47 bits per heavy atom. The van der Waals surface area contributed by atoms with Crippen LogP contribution in [-0.2, 0) is 11.3 Å². The zero-order valence-corrected chi connectivity index (χ0v) is 11.2. The predicted molar refractivity (Wildman–Crippen MR) is 66.9 cm³/mol. The Kier molecular flexibility index (Phi) is 7.10. The maximum absolute atomic E-state index is 12.8. The van der Waals surface area contributed by atoms with Crippen molar-refractivity contribution in [3.05, 3.63) is 29.8 Å². The molecule has 0 radical (unpaired) electrons. The molecule has 4 heteroatoms. The van der Waals surface area contributed by atoms with Crippen molar-refractivity contribution in [2.75, 3.05) is 7.05 Å². The van der Waals surface area contributed by atoms with Crippen LogP contribution in [0.15, 0.2) is 18.2 Å². The Morgan fingerprint density at radius 1 is 1.41 bits per heavy atom. The van der Waals surface area contributed by atoms with Crippen molar-refractivity contribution >= 4 is 5.91 Å². The summed E-state index contributed by atoms with van der Waals surface area (Å²) in [5, 5.41) is 0. The molecule has 1 amide bonds. The topological polar surface area (TPSA) is 33.2 Å². The fourth-order valence-electron chi connectivity index (χ4n) is 1.30. The number of hydrogen-bond donors (Lipinski definition) is 0. The highest BCUT2D eigenvalue weighted by Gasteiger charge is 2.13. The molecule has 0 fully saturated rings. The van der Waals surface area contributed by atoms with Gasteiger partial charge < -0.3 is 4.90 Å². The first-order valence-electron chi connectivity index (χ1n) is 5.87. The van der Waals surface area contributed by atoms with E-state index >= 15 is 0 Å². The molecule has 0 aromatic carbocycles. The van der Waals surface area contributed by atoms with Gasteiger partial charge in [-0.15, -0.1) is 0 Å². The first kappa shape index (κ1) is 15.6. The normalized spacial score (nSPS) is 9.59. The number of pyridine rings is 1. The second-order valence-electron chi connectivity index (χ2n) is 3.80. The molecule has 1 rings (SSSR count). The first-order valence-corrected chi connectivity index (χ1v) is 5.87. The highest BCUT2D eigenvalue weighted by Crippen LogP contribution is 2.05. The maximum Gasteiger partial charge on any atom is 0.225 e. The molecular weight excluding hydrogens is 219 g/mol. The monoisotopic (exact) mass is 240 g/mol. The van der Waals surface area contributed by atoms with Crippen molar-refractivity contribution < 1.29 is 9.18 Å². The number of hydrogen-bond acceptors (Lipinski definition) is 2. The highest BCUT2D eigenvalue weighted by molar-refractivity contribution is 5.77. The van der Waals surface area contributed by atoms with Crippen molar-refractivity contribution in [2.45, 2.75) is 34.2 Å². The molecule has 0 saturated carbocycles. The average Bonchev–Trinajstić information content (AvgIpc) is 2.30. The molecule has 17 heavy (non-hydrogen) atoms. The fraction of sp³-hybridized carbons (Fsp3) is 0.538. The number of halogens is 1. The van der Waals surface area contributed by atoms with Gasteiger partial charge in [0.15, 0.2) is 0 Å². The van der Waals surface area contributed by atoms with E-state index in [4.69, 9.17) is 0 Å². The van der Waals surface area contributed by atoms with Crippen LogP contribution in [-0.4, -0.2) is 22.8 Å². The highest BCUT2D eigenvalue weighted by atomic mass is 19.1. The fourth-order valence-corrected chi connectivity index (χ4v) is 1.30. The van der Waals surface area contributed by atoms with Crippen LogP contribution < -0.4 is 0 Å². The lowest BCUT2D eigenvalue weighted by molar-refractivity contribution is -0.133. The van der Waals surface area contributed by atoms with E-state index in [0.717, 1.165) is 0 Å². The minimum atomic E-state index is -0.516. The number of aromatic nitrogens is 1. The van der Waals surface area contributed by atoms with Crippen LogP contribution in [0.4, 0.5) is 4.39 Å². The van der Waals surface area contributed by atoms with Gasteiger partial charge in [-0.2, -0.15) is 4.39 Å². The molecular formula is C13H21FN2O. The van der Waals surface area contributed by atoms with E-state index in [1.807, 2.05) is 27.7 Å². The standard InChI is InChI=1S/C11H15FN2O.C2H6/c1-8(2)11(15)14(3)7-9-5-4-6-10(12)13-9;1-2/h4-6,8H,7H2,1-3H3;1-2H3. The lowest BCUT2D eigenvalue weighted by Crippen LogP contribution is -2.30. The van der Waals surface area contributed by atoms with Crippen LogP contribution in [0.2, 0.25) is 0 Å². The third-order valence-corrected chi connectivity index (χ3v) is 2.04. The van der Waals surface area contributed by atoms with Gasteiger partial charge in [0.2, 0.25) is 11.9 Å². The number of carbonyl (C=O) groups is 1. The van der Waals surface area contributed by atoms with E-state index < -0.39 is 5.95 Å². The van der Waals surface area contributed by atoms with Gasteiger partial charge in [0, 0.05) is 13.0 Å². The van der Waals surface area contributed by atoms with Crippen LogP contribution in [0.1, 0.15) is 33.4 Å². The van der Waals surface area contributed by atoms with E-state index in [1.165, 1.54) is 6.07 Å². The largest absolute Gasteiger partial charge is 0.340 e. The van der Waals surface area contributed by atoms with Gasteiger partial charge in [0.25, 0.3) is 0 Å². The third-order valence-electron chi connectivity index (χ3n) is 2.04. The molecule has 0 saturated heterocycles. The lowest BCUT2D eigenvalue weighted by Gasteiger charge is -2.18. The van der Waals surface area contributed by atoms with Gasteiger partial charge in [-0.1, -0.05) is 33.8 Å². The Labute approximate surface area is 103 Å². The minimum absolute atomic E-state index is 0.0288. The van der Waals surface area contributed by atoms with E-state index in [-0.39, 0.29) is 11.8 Å². The molecule has 0 aliphatic carbocycles. The van der Waals surface area contributed by atoms with Crippen LogP contribution in [0, 0.1) is 11.9 Å². The minimum Gasteiger partial charge on any atom is -0.340 e. The summed E-state index contributed by atoms with van der Waals surface area (Å²) in [7, 11) is 1.69. The first-order chi connectivity index (χ1) is 8.00. The summed E-state index contributed by atoms with van der Waals surface area (Å²) < 4.78 is 12.8. The summed E-state index contributed by atoms with van der Waals surface area (Å²) in [6.07, 6.45) is 0. The van der Waals surface area contributed by atoms with Gasteiger partial charge in [-0.05, 0) is 12.1 Å². The van der Waals surface area contributed by atoms with E-state index in [2.05, 4.69) is 4.98 Å². The smallest absolute Gasteiger partial charge is 0.225 e. The second kappa shape index (κ2) is 7.76. The summed E-state index contributed by atoms with van der Waals surface area (Å²) >= 11 is 0. The van der Waals surface area contributed by atoms with Gasteiger partial charge in [-0.25, -0.2) is 4.98 Å². The van der Waals surface area contributed by atoms with Gasteiger partial charge in [0.05, 0.1) is 12.2 Å². The molecule has 3 nitrogen and oxygen atoms in total. The number of carbonyl (C=O) groups excluding carboxylic acids is 1. The summed E-state index contributed by atoms with van der Waals surface area (Å²) in [5.41, 5.74) is 0.562. The van der Waals surface area contributed by atoms with Crippen molar-refractivity contribution in [3.63, 3.8) is 0 Å². The van der Waals surface area contributed by atoms with Gasteiger partial charge >= 0.3 is 0 Å². The Bertz CT molecular complexity index is 353. The van der Waals surface area contributed by atoms with Crippen molar-refractivity contribution in [3.8, 4) is 0 Å². The Hall–Kier alpha value is -1.45. The average molecular weight is 240 g/mol. The van der Waals surface area contributed by atoms with E-state index in [0.29, 0.717) is 12.2 Å². The number of amides is 1. The SMILES string of the molecule is CC.CC(C)C(=O)N(C)Cc1cccc(F)n1. The summed E-state index contributed by atoms with van der Waals surface area (Å²) in [6.45, 7) is 8.00. The van der Waals surface area contributed by atoms with Gasteiger partial charge in [0.1, 0.15) is 0 Å². The summed E-state index contributed by atoms with van der Waals surface area (Å²) in [6, 6.07) is 4.58. The quantitative estimate of drug-likeness (QED) is 0.761. The molecule has 0 unspecified atom stereocenters. The van der Waals surface area contributed by atoms with Crippen LogP contribution >= 0.6 is 0 Å². The molecule has 0 spiro atoms. The maximum atomic E-state index is 12.8. The lowest BCUT2D eigenvalue weighted by atomic mass is 10.2. The van der Waals surface area contributed by atoms with Crippen LogP contribution in [0.5, 0.6) is 0 Å². The molecule has 1 heterocycles. The van der Waals surface area contributed by atoms with Gasteiger partial charge in [-0.3, -0.25) is 4.79 Å². The molecule has 1 aromatic heterocycles. The van der Waals surface area contributed by atoms with Crippen molar-refractivity contribution in [2.24, 2.45) is 5.92 Å². The molecule has 96 valence electrons. The van der Waals surface area contributed by atoms with Crippen molar-refractivity contribution in [1.29, 1.82) is 0 Å². The third kappa shape index (κ3) is 5.43.